The lowest BCUT2D eigenvalue weighted by Crippen LogP contribution is -2.48. The first-order chi connectivity index (χ1) is 11.3. The van der Waals surface area contributed by atoms with Crippen molar-refractivity contribution in [3.8, 4) is 0 Å². The van der Waals surface area contributed by atoms with Gasteiger partial charge < -0.3 is 14.5 Å². The summed E-state index contributed by atoms with van der Waals surface area (Å²) in [5, 5.41) is -0.449. The Labute approximate surface area is 148 Å². The van der Waals surface area contributed by atoms with Crippen molar-refractivity contribution in [1.82, 2.24) is 9.80 Å². The molecule has 1 aromatic rings. The molecule has 24 heavy (non-hydrogen) atoms. The molecule has 0 radical (unpaired) electrons. The molecule has 1 saturated heterocycles. The van der Waals surface area contributed by atoms with Crippen LogP contribution < -0.4 is 0 Å². The molecule has 1 fully saturated rings. The second-order valence-electron chi connectivity index (χ2n) is 7.07. The third-order valence-electron chi connectivity index (χ3n) is 3.98. The summed E-state index contributed by atoms with van der Waals surface area (Å²) in [6.07, 6.45) is 1.10. The van der Waals surface area contributed by atoms with Crippen LogP contribution in [-0.4, -0.2) is 46.0 Å². The minimum Gasteiger partial charge on any atom is -0.444 e. The quantitative estimate of drug-likeness (QED) is 0.603. The Morgan fingerprint density at radius 2 is 1.79 bits per heavy atom. The average Bonchev–Trinajstić information content (AvgIpc) is 2.52. The minimum absolute atomic E-state index is 0.0360. The smallest absolute Gasteiger partial charge is 0.410 e. The number of halogens is 1. The largest absolute Gasteiger partial charge is 0.444 e. The summed E-state index contributed by atoms with van der Waals surface area (Å²) in [5.74, 6) is 0. The summed E-state index contributed by atoms with van der Waals surface area (Å²) in [5.41, 5.74) is 0.542. The van der Waals surface area contributed by atoms with Gasteiger partial charge in [0.25, 0.3) is 0 Å². The average molecular weight is 353 g/mol. The molecule has 6 heteroatoms. The molecule has 1 aromatic carbocycles. The highest BCUT2D eigenvalue weighted by molar-refractivity contribution is 6.62. The Balaban J connectivity index is 1.93. The summed E-state index contributed by atoms with van der Waals surface area (Å²) in [6, 6.07) is 9.81. The molecule has 0 unspecified atom stereocenters. The highest BCUT2D eigenvalue weighted by Gasteiger charge is 2.31. The van der Waals surface area contributed by atoms with Crippen LogP contribution in [-0.2, 0) is 11.3 Å². The zero-order chi connectivity index (χ0) is 17.7. The van der Waals surface area contributed by atoms with Gasteiger partial charge in [0, 0.05) is 25.7 Å². The first kappa shape index (κ1) is 18.6. The molecule has 1 aliphatic rings. The zero-order valence-corrected chi connectivity index (χ0v) is 15.3. The fraction of sp³-hybridized carbons (Fsp3) is 0.556. The van der Waals surface area contributed by atoms with Crippen molar-refractivity contribution in [2.45, 2.75) is 51.8 Å². The van der Waals surface area contributed by atoms with Crippen LogP contribution in [0.3, 0.4) is 0 Å². The molecule has 2 amide bonds. The second kappa shape index (κ2) is 7.88. The number of piperidine rings is 1. The molecule has 1 aliphatic heterocycles. The van der Waals surface area contributed by atoms with Gasteiger partial charge in [-0.2, -0.15) is 0 Å². The van der Waals surface area contributed by atoms with Crippen LogP contribution in [0.15, 0.2) is 30.3 Å². The topological polar surface area (TPSA) is 49.9 Å². The minimum atomic E-state index is -0.501. The van der Waals surface area contributed by atoms with E-state index in [1.807, 2.05) is 51.1 Å². The van der Waals surface area contributed by atoms with Crippen molar-refractivity contribution >= 4 is 23.1 Å². The van der Waals surface area contributed by atoms with E-state index in [-0.39, 0.29) is 12.1 Å². The fourth-order valence-corrected chi connectivity index (χ4v) is 3.00. The van der Waals surface area contributed by atoms with Crippen LogP contribution in [0.5, 0.6) is 0 Å². The lowest BCUT2D eigenvalue weighted by molar-refractivity contribution is 0.0166. The fourth-order valence-electron chi connectivity index (χ4n) is 2.80. The molecule has 132 valence electrons. The van der Waals surface area contributed by atoms with Gasteiger partial charge >= 0.3 is 11.5 Å². The van der Waals surface area contributed by atoms with E-state index in [0.717, 1.165) is 5.56 Å². The van der Waals surface area contributed by atoms with Crippen LogP contribution in [0.1, 0.15) is 39.2 Å². The van der Waals surface area contributed by atoms with E-state index in [9.17, 15) is 9.59 Å². The van der Waals surface area contributed by atoms with E-state index in [0.29, 0.717) is 32.5 Å². The molecule has 0 N–H and O–H groups in total. The second-order valence-corrected chi connectivity index (χ2v) is 7.39. The summed E-state index contributed by atoms with van der Waals surface area (Å²) in [7, 11) is 0. The van der Waals surface area contributed by atoms with Gasteiger partial charge in [0.15, 0.2) is 0 Å². The standard InChI is InChI=1S/C18H25ClN2O3/c1-18(2,3)24-17(23)20-11-9-15(10-12-20)21(16(19)22)13-14-7-5-4-6-8-14/h4-8,15H,9-13H2,1-3H3. The molecule has 0 saturated carbocycles. The highest BCUT2D eigenvalue weighted by atomic mass is 35.5. The molecule has 0 bridgehead atoms. The summed E-state index contributed by atoms with van der Waals surface area (Å²) >= 11 is 5.79. The Bertz CT molecular complexity index is 563. The first-order valence-corrected chi connectivity index (χ1v) is 8.62. The van der Waals surface area contributed by atoms with E-state index in [1.54, 1.807) is 9.80 Å². The predicted octanol–water partition coefficient (Wildman–Crippen LogP) is 4.25. The van der Waals surface area contributed by atoms with Crippen LogP contribution >= 0.6 is 11.6 Å². The van der Waals surface area contributed by atoms with Crippen LogP contribution in [0.2, 0.25) is 0 Å². The van der Waals surface area contributed by atoms with Crippen LogP contribution in [0, 0.1) is 0 Å². The number of rotatable bonds is 3. The van der Waals surface area contributed by atoms with Gasteiger partial charge in [-0.15, -0.1) is 0 Å². The normalized spacial score (nSPS) is 15.9. The van der Waals surface area contributed by atoms with Gasteiger partial charge in [-0.3, -0.25) is 4.79 Å². The lowest BCUT2D eigenvalue weighted by atomic mass is 10.0. The Kier molecular flexibility index (Phi) is 6.10. The van der Waals surface area contributed by atoms with E-state index in [4.69, 9.17) is 16.3 Å². The number of amides is 2. The highest BCUT2D eigenvalue weighted by Crippen LogP contribution is 2.22. The molecular formula is C18H25ClN2O3. The maximum absolute atomic E-state index is 12.1. The van der Waals surface area contributed by atoms with Crippen LogP contribution in [0.4, 0.5) is 9.59 Å². The number of hydrogen-bond acceptors (Lipinski definition) is 3. The third kappa shape index (κ3) is 5.41. The molecule has 5 nitrogen and oxygen atoms in total. The van der Waals surface area contributed by atoms with Crippen molar-refractivity contribution in [2.24, 2.45) is 0 Å². The maximum Gasteiger partial charge on any atom is 0.410 e. The van der Waals surface area contributed by atoms with Crippen LogP contribution in [0.25, 0.3) is 0 Å². The number of nitrogens with zero attached hydrogens (tertiary/aromatic N) is 2. The molecule has 0 atom stereocenters. The molecular weight excluding hydrogens is 328 g/mol. The first-order valence-electron chi connectivity index (χ1n) is 8.24. The Morgan fingerprint density at radius 1 is 1.21 bits per heavy atom. The van der Waals surface area contributed by atoms with Gasteiger partial charge in [-0.1, -0.05) is 30.3 Å². The summed E-state index contributed by atoms with van der Waals surface area (Å²) < 4.78 is 5.40. The van der Waals surface area contributed by atoms with Gasteiger partial charge in [0.05, 0.1) is 0 Å². The number of hydrogen-bond donors (Lipinski definition) is 0. The monoisotopic (exact) mass is 352 g/mol. The molecule has 1 heterocycles. The van der Waals surface area contributed by atoms with Crippen molar-refractivity contribution in [3.05, 3.63) is 35.9 Å². The van der Waals surface area contributed by atoms with Crippen molar-refractivity contribution in [2.75, 3.05) is 13.1 Å². The lowest BCUT2D eigenvalue weighted by Gasteiger charge is -2.38. The van der Waals surface area contributed by atoms with Gasteiger partial charge in [-0.25, -0.2) is 4.79 Å². The number of likely N-dealkylation sites (tertiary alicyclic amines) is 1. The zero-order valence-electron chi connectivity index (χ0n) is 14.5. The molecule has 0 aliphatic carbocycles. The summed E-state index contributed by atoms with van der Waals surface area (Å²) in [4.78, 5) is 27.3. The van der Waals surface area contributed by atoms with E-state index in [1.165, 1.54) is 0 Å². The number of ether oxygens (including phenoxy) is 1. The van der Waals surface area contributed by atoms with E-state index in [2.05, 4.69) is 0 Å². The Hall–Kier alpha value is -1.75. The van der Waals surface area contributed by atoms with Crippen molar-refractivity contribution in [1.29, 1.82) is 0 Å². The van der Waals surface area contributed by atoms with E-state index >= 15 is 0 Å². The molecule has 0 aromatic heterocycles. The maximum atomic E-state index is 12.1. The molecule has 0 spiro atoms. The van der Waals surface area contributed by atoms with Gasteiger partial charge in [-0.05, 0) is 50.8 Å². The van der Waals surface area contributed by atoms with E-state index < -0.39 is 11.0 Å². The number of carbonyl (C=O) groups is 2. The van der Waals surface area contributed by atoms with Gasteiger partial charge in [0.2, 0.25) is 0 Å². The number of carbonyl (C=O) groups excluding carboxylic acids is 2. The van der Waals surface area contributed by atoms with Crippen molar-refractivity contribution in [3.63, 3.8) is 0 Å². The predicted molar refractivity (Wildman–Crippen MR) is 94.1 cm³/mol. The third-order valence-corrected chi connectivity index (χ3v) is 4.20. The SMILES string of the molecule is CC(C)(C)OC(=O)N1CCC(N(Cc2ccccc2)C(=O)Cl)CC1. The Morgan fingerprint density at radius 3 is 2.29 bits per heavy atom. The van der Waals surface area contributed by atoms with Crippen molar-refractivity contribution < 1.29 is 14.3 Å². The number of benzene rings is 1. The summed E-state index contributed by atoms with van der Waals surface area (Å²) in [6.45, 7) is 7.17. The van der Waals surface area contributed by atoms with Gasteiger partial charge in [0.1, 0.15) is 5.60 Å². The molecule has 2 rings (SSSR count).